The van der Waals surface area contributed by atoms with Crippen molar-refractivity contribution in [1.29, 1.82) is 0 Å². The average molecular weight is 384 g/mol. The van der Waals surface area contributed by atoms with Crippen molar-refractivity contribution in [3.8, 4) is 5.75 Å². The Kier molecular flexibility index (Phi) is 5.17. The van der Waals surface area contributed by atoms with E-state index in [1.54, 1.807) is 7.11 Å². The molecule has 0 aliphatic carbocycles. The number of nitrogens with zero attached hydrogens (tertiary/aromatic N) is 1. The summed E-state index contributed by atoms with van der Waals surface area (Å²) in [7, 11) is 1.86. The van der Waals surface area contributed by atoms with Gasteiger partial charge in [-0.25, -0.2) is 0 Å². The quantitative estimate of drug-likeness (QED) is 0.623. The molecule has 0 saturated carbocycles. The minimum atomic E-state index is -2.05. The molecule has 3 nitrogen and oxygen atoms in total. The summed E-state index contributed by atoms with van der Waals surface area (Å²) in [5, 5.41) is 0.125. The first-order valence-corrected chi connectivity index (χ1v) is 12.7. The number of fused-ring (bicyclic) bond motifs is 1. The number of hydrogen-bond donors (Lipinski definition) is 0. The van der Waals surface area contributed by atoms with Gasteiger partial charge >= 0.3 is 0 Å². The number of ether oxygens (including phenoxy) is 1. The van der Waals surface area contributed by atoms with Gasteiger partial charge in [0, 0.05) is 25.7 Å². The SMILES string of the molecule is COc1cccc2c1C(O[Si](C)(C)C(C)(C)C)(c1ccccc1)CCN2C. The largest absolute Gasteiger partial charge is 0.496 e. The Morgan fingerprint density at radius 3 is 2.26 bits per heavy atom. The van der Waals surface area contributed by atoms with Gasteiger partial charge in [0.15, 0.2) is 8.32 Å². The summed E-state index contributed by atoms with van der Waals surface area (Å²) in [4.78, 5) is 2.31. The van der Waals surface area contributed by atoms with Crippen molar-refractivity contribution in [2.24, 2.45) is 0 Å². The number of methoxy groups -OCH3 is 1. The van der Waals surface area contributed by atoms with Crippen LogP contribution >= 0.6 is 0 Å². The van der Waals surface area contributed by atoms with Crippen molar-refractivity contribution in [3.63, 3.8) is 0 Å². The van der Waals surface area contributed by atoms with Crippen molar-refractivity contribution in [2.75, 3.05) is 25.6 Å². The van der Waals surface area contributed by atoms with Gasteiger partial charge in [-0.15, -0.1) is 0 Å². The molecule has 1 atom stereocenters. The summed E-state index contributed by atoms with van der Waals surface area (Å²) in [6, 6.07) is 17.0. The first-order valence-electron chi connectivity index (χ1n) is 9.77. The molecule has 27 heavy (non-hydrogen) atoms. The van der Waals surface area contributed by atoms with Gasteiger partial charge in [0.05, 0.1) is 12.7 Å². The minimum Gasteiger partial charge on any atom is -0.496 e. The molecule has 146 valence electrons. The summed E-state index contributed by atoms with van der Waals surface area (Å²) in [6.45, 7) is 12.5. The second kappa shape index (κ2) is 6.99. The molecule has 0 amide bonds. The van der Waals surface area contributed by atoms with Crippen LogP contribution in [0.3, 0.4) is 0 Å². The maximum absolute atomic E-state index is 7.27. The Morgan fingerprint density at radius 1 is 1.00 bits per heavy atom. The summed E-state index contributed by atoms with van der Waals surface area (Å²) in [6.07, 6.45) is 0.910. The van der Waals surface area contributed by atoms with Crippen LogP contribution in [0.4, 0.5) is 5.69 Å². The highest BCUT2D eigenvalue weighted by Gasteiger charge is 2.50. The molecule has 0 N–H and O–H groups in total. The standard InChI is InChI=1S/C23H33NO2Si/c1-22(2,3)27(6,7)26-23(18-12-9-8-10-13-18)16-17-24(4)19-14-11-15-20(25-5)21(19)23/h8-15H,16-17H2,1-7H3. The van der Waals surface area contributed by atoms with E-state index in [1.165, 1.54) is 11.3 Å². The van der Waals surface area contributed by atoms with Gasteiger partial charge in [-0.3, -0.25) is 0 Å². The maximum atomic E-state index is 7.27. The summed E-state index contributed by atoms with van der Waals surface area (Å²) >= 11 is 0. The van der Waals surface area contributed by atoms with Crippen LogP contribution in [-0.4, -0.2) is 29.0 Å². The fourth-order valence-corrected chi connectivity index (χ4v) is 5.23. The zero-order valence-electron chi connectivity index (χ0n) is 17.8. The van der Waals surface area contributed by atoms with E-state index in [-0.39, 0.29) is 5.04 Å². The molecule has 0 saturated heterocycles. The molecular weight excluding hydrogens is 350 g/mol. The number of anilines is 1. The van der Waals surface area contributed by atoms with Crippen LogP contribution in [0.15, 0.2) is 48.5 Å². The third-order valence-corrected chi connectivity index (χ3v) is 10.8. The predicted octanol–water partition coefficient (Wildman–Crippen LogP) is 5.80. The van der Waals surface area contributed by atoms with Crippen molar-refractivity contribution < 1.29 is 9.16 Å². The molecule has 0 spiro atoms. The van der Waals surface area contributed by atoms with Gasteiger partial charge in [-0.05, 0) is 35.8 Å². The summed E-state index contributed by atoms with van der Waals surface area (Å²) in [5.41, 5.74) is 3.09. The lowest BCUT2D eigenvalue weighted by molar-refractivity contribution is 0.0779. The van der Waals surface area contributed by atoms with E-state index in [0.29, 0.717) is 0 Å². The highest BCUT2D eigenvalue weighted by Crippen LogP contribution is 2.53. The molecule has 0 fully saturated rings. The third kappa shape index (κ3) is 3.41. The smallest absolute Gasteiger partial charge is 0.193 e. The van der Waals surface area contributed by atoms with Crippen LogP contribution in [0.2, 0.25) is 18.1 Å². The second-order valence-corrected chi connectivity index (χ2v) is 13.8. The summed E-state index contributed by atoms with van der Waals surface area (Å²) < 4.78 is 13.1. The number of hydrogen-bond acceptors (Lipinski definition) is 3. The van der Waals surface area contributed by atoms with Crippen LogP contribution in [0.25, 0.3) is 0 Å². The third-order valence-electron chi connectivity index (χ3n) is 6.31. The van der Waals surface area contributed by atoms with E-state index in [1.807, 2.05) is 0 Å². The Bertz CT molecular complexity index is 798. The van der Waals surface area contributed by atoms with E-state index in [4.69, 9.17) is 9.16 Å². The fourth-order valence-electron chi connectivity index (χ4n) is 3.73. The van der Waals surface area contributed by atoms with Crippen molar-refractivity contribution in [2.45, 2.75) is 50.9 Å². The Labute approximate surface area is 165 Å². The van der Waals surface area contributed by atoms with Gasteiger partial charge in [0.1, 0.15) is 11.4 Å². The molecule has 0 radical (unpaired) electrons. The molecule has 3 rings (SSSR count). The van der Waals surface area contributed by atoms with E-state index in [9.17, 15) is 0 Å². The first kappa shape index (κ1) is 20.0. The van der Waals surface area contributed by atoms with Crippen LogP contribution in [0, 0.1) is 0 Å². The topological polar surface area (TPSA) is 21.7 Å². The molecule has 1 aliphatic rings. The highest BCUT2D eigenvalue weighted by molar-refractivity contribution is 6.74. The lowest BCUT2D eigenvalue weighted by atomic mass is 9.79. The first-order chi connectivity index (χ1) is 12.6. The van der Waals surface area contributed by atoms with E-state index >= 15 is 0 Å². The molecule has 1 aliphatic heterocycles. The monoisotopic (exact) mass is 383 g/mol. The van der Waals surface area contributed by atoms with Crippen molar-refractivity contribution >= 4 is 14.0 Å². The lowest BCUT2D eigenvalue weighted by Gasteiger charge is -2.50. The fraction of sp³-hybridized carbons (Fsp3) is 0.478. The average Bonchev–Trinajstić information content (AvgIpc) is 2.63. The van der Waals surface area contributed by atoms with Crippen LogP contribution < -0.4 is 9.64 Å². The van der Waals surface area contributed by atoms with Gasteiger partial charge in [-0.1, -0.05) is 57.2 Å². The predicted molar refractivity (Wildman–Crippen MR) is 116 cm³/mol. The molecule has 2 aromatic carbocycles. The molecule has 0 bridgehead atoms. The van der Waals surface area contributed by atoms with E-state index in [2.05, 4.69) is 94.3 Å². The highest BCUT2D eigenvalue weighted by atomic mass is 28.4. The minimum absolute atomic E-state index is 0.125. The van der Waals surface area contributed by atoms with Crippen LogP contribution in [0.1, 0.15) is 38.3 Å². The molecule has 0 aromatic heterocycles. The lowest BCUT2D eigenvalue weighted by Crippen LogP contribution is -2.52. The normalized spacial score (nSPS) is 20.3. The van der Waals surface area contributed by atoms with Gasteiger partial charge in [0.2, 0.25) is 0 Å². The van der Waals surface area contributed by atoms with Gasteiger partial charge < -0.3 is 14.1 Å². The number of benzene rings is 2. The van der Waals surface area contributed by atoms with Crippen molar-refractivity contribution in [3.05, 3.63) is 59.7 Å². The van der Waals surface area contributed by atoms with Crippen molar-refractivity contribution in [1.82, 2.24) is 0 Å². The zero-order valence-corrected chi connectivity index (χ0v) is 18.8. The molecule has 1 heterocycles. The Balaban J connectivity index is 2.30. The Morgan fingerprint density at radius 2 is 1.67 bits per heavy atom. The molecule has 1 unspecified atom stereocenters. The zero-order chi connectivity index (χ0) is 19.9. The Hall–Kier alpha value is -1.78. The van der Waals surface area contributed by atoms with E-state index in [0.717, 1.165) is 24.3 Å². The number of rotatable bonds is 4. The van der Waals surface area contributed by atoms with Crippen LogP contribution in [-0.2, 0) is 10.0 Å². The summed E-state index contributed by atoms with van der Waals surface area (Å²) in [5.74, 6) is 0.904. The maximum Gasteiger partial charge on any atom is 0.193 e. The molecular formula is C23H33NO2Si. The second-order valence-electron chi connectivity index (χ2n) is 9.08. The van der Waals surface area contributed by atoms with Gasteiger partial charge in [0.25, 0.3) is 0 Å². The molecule has 2 aromatic rings. The van der Waals surface area contributed by atoms with Crippen LogP contribution in [0.5, 0.6) is 5.75 Å². The molecule has 4 heteroatoms. The van der Waals surface area contributed by atoms with Gasteiger partial charge in [-0.2, -0.15) is 0 Å². The van der Waals surface area contributed by atoms with E-state index < -0.39 is 13.9 Å².